The van der Waals surface area contributed by atoms with Crippen LogP contribution in [-0.2, 0) is 6.42 Å². The smallest absolute Gasteiger partial charge is 0.224 e. The molecule has 0 spiro atoms. The van der Waals surface area contributed by atoms with E-state index in [4.69, 9.17) is 11.5 Å². The fraction of sp³-hybridized carbons (Fsp3) is 0.455. The van der Waals surface area contributed by atoms with Crippen molar-refractivity contribution in [2.45, 2.75) is 32.6 Å². The van der Waals surface area contributed by atoms with E-state index in [0.717, 1.165) is 18.5 Å². The monoisotopic (exact) mass is 232 g/mol. The number of fused-ring (bicyclic) bond motifs is 1. The largest absolute Gasteiger partial charge is 0.382 e. The standard InChI is InChI=1S/C11H16N6/c1-2-3-4-5-7-6-14-10-8(15-7)9(12)16-11(13)17-10/h6H,2-5H2,1H3,(H4,12,13,14,16,17). The molecule has 2 aromatic heterocycles. The zero-order valence-corrected chi connectivity index (χ0v) is 9.85. The first kappa shape index (κ1) is 11.5. The summed E-state index contributed by atoms with van der Waals surface area (Å²) in [5.74, 6) is 0.417. The van der Waals surface area contributed by atoms with E-state index >= 15 is 0 Å². The first-order chi connectivity index (χ1) is 8.20. The fourth-order valence-electron chi connectivity index (χ4n) is 1.66. The van der Waals surface area contributed by atoms with E-state index in [-0.39, 0.29) is 11.8 Å². The van der Waals surface area contributed by atoms with Gasteiger partial charge in [0, 0.05) is 0 Å². The lowest BCUT2D eigenvalue weighted by molar-refractivity contribution is 0.707. The number of unbranched alkanes of at least 4 members (excludes halogenated alkanes) is 2. The molecule has 17 heavy (non-hydrogen) atoms. The maximum Gasteiger partial charge on any atom is 0.224 e. The van der Waals surface area contributed by atoms with E-state index in [1.165, 1.54) is 12.8 Å². The Labute approximate surface area is 99.5 Å². The molecule has 0 atom stereocenters. The Morgan fingerprint density at radius 2 is 1.94 bits per heavy atom. The van der Waals surface area contributed by atoms with Crippen molar-refractivity contribution in [3.63, 3.8) is 0 Å². The summed E-state index contributed by atoms with van der Waals surface area (Å²) in [6.45, 7) is 2.17. The molecular weight excluding hydrogens is 216 g/mol. The van der Waals surface area contributed by atoms with Gasteiger partial charge in [-0.1, -0.05) is 19.8 Å². The zero-order valence-electron chi connectivity index (χ0n) is 9.85. The lowest BCUT2D eigenvalue weighted by atomic mass is 10.2. The van der Waals surface area contributed by atoms with Crippen molar-refractivity contribution >= 4 is 22.9 Å². The van der Waals surface area contributed by atoms with E-state index in [2.05, 4.69) is 26.9 Å². The highest BCUT2D eigenvalue weighted by Crippen LogP contribution is 2.15. The molecule has 0 radical (unpaired) electrons. The third-order valence-corrected chi connectivity index (χ3v) is 2.54. The summed E-state index contributed by atoms with van der Waals surface area (Å²) in [7, 11) is 0. The van der Waals surface area contributed by atoms with Gasteiger partial charge in [-0.3, -0.25) is 0 Å². The molecule has 0 aliphatic carbocycles. The van der Waals surface area contributed by atoms with Crippen LogP contribution in [0.1, 0.15) is 31.9 Å². The van der Waals surface area contributed by atoms with Gasteiger partial charge < -0.3 is 11.5 Å². The van der Waals surface area contributed by atoms with Gasteiger partial charge in [0.25, 0.3) is 0 Å². The van der Waals surface area contributed by atoms with Crippen LogP contribution in [0.4, 0.5) is 11.8 Å². The number of hydrogen-bond donors (Lipinski definition) is 2. The van der Waals surface area contributed by atoms with Crippen molar-refractivity contribution < 1.29 is 0 Å². The van der Waals surface area contributed by atoms with E-state index in [0.29, 0.717) is 11.2 Å². The highest BCUT2D eigenvalue weighted by Gasteiger charge is 2.07. The van der Waals surface area contributed by atoms with Crippen LogP contribution in [0, 0.1) is 0 Å². The topological polar surface area (TPSA) is 104 Å². The van der Waals surface area contributed by atoms with Gasteiger partial charge in [0.2, 0.25) is 5.95 Å². The van der Waals surface area contributed by atoms with Gasteiger partial charge >= 0.3 is 0 Å². The number of aromatic nitrogens is 4. The molecule has 0 fully saturated rings. The molecule has 0 amide bonds. The van der Waals surface area contributed by atoms with E-state index in [1.54, 1.807) is 6.20 Å². The number of hydrogen-bond acceptors (Lipinski definition) is 6. The highest BCUT2D eigenvalue weighted by molar-refractivity contribution is 5.81. The average molecular weight is 232 g/mol. The minimum atomic E-state index is 0.128. The molecule has 2 heterocycles. The van der Waals surface area contributed by atoms with Crippen molar-refractivity contribution in [3.8, 4) is 0 Å². The van der Waals surface area contributed by atoms with Crippen LogP contribution in [-0.4, -0.2) is 19.9 Å². The summed E-state index contributed by atoms with van der Waals surface area (Å²) in [6, 6.07) is 0. The molecule has 4 N–H and O–H groups in total. The van der Waals surface area contributed by atoms with Crippen LogP contribution in [0.15, 0.2) is 6.20 Å². The average Bonchev–Trinajstić information content (AvgIpc) is 2.30. The SMILES string of the molecule is CCCCCc1cnc2nc(N)nc(N)c2n1. The van der Waals surface area contributed by atoms with E-state index in [1.807, 2.05) is 0 Å². The number of nitrogens with zero attached hydrogens (tertiary/aromatic N) is 4. The molecule has 0 aromatic carbocycles. The molecule has 6 heteroatoms. The van der Waals surface area contributed by atoms with Crippen LogP contribution >= 0.6 is 0 Å². The molecule has 0 saturated carbocycles. The van der Waals surface area contributed by atoms with E-state index < -0.39 is 0 Å². The lowest BCUT2D eigenvalue weighted by Gasteiger charge is -2.03. The van der Waals surface area contributed by atoms with Crippen LogP contribution in [0.5, 0.6) is 0 Å². The van der Waals surface area contributed by atoms with Crippen molar-refractivity contribution in [3.05, 3.63) is 11.9 Å². The predicted octanol–water partition coefficient (Wildman–Crippen LogP) is 1.32. The van der Waals surface area contributed by atoms with Crippen molar-refractivity contribution in [2.75, 3.05) is 11.5 Å². The molecule has 2 aromatic rings. The molecule has 90 valence electrons. The molecule has 2 rings (SSSR count). The normalized spacial score (nSPS) is 10.9. The predicted molar refractivity (Wildman–Crippen MR) is 67.2 cm³/mol. The molecular formula is C11H16N6. The molecule has 0 bridgehead atoms. The van der Waals surface area contributed by atoms with Crippen molar-refractivity contribution in [1.29, 1.82) is 0 Å². The fourth-order valence-corrected chi connectivity index (χ4v) is 1.66. The highest BCUT2D eigenvalue weighted by atomic mass is 15.1. The second-order valence-electron chi connectivity index (χ2n) is 3.96. The van der Waals surface area contributed by atoms with Crippen LogP contribution < -0.4 is 11.5 Å². The number of nitrogen functional groups attached to an aromatic ring is 2. The number of rotatable bonds is 4. The van der Waals surface area contributed by atoms with Gasteiger partial charge in [-0.25, -0.2) is 9.97 Å². The Bertz CT molecular complexity index is 525. The van der Waals surface area contributed by atoms with Gasteiger partial charge in [-0.05, 0) is 12.8 Å². The number of aryl methyl sites for hydroxylation is 1. The summed E-state index contributed by atoms with van der Waals surface area (Å²) < 4.78 is 0. The second-order valence-corrected chi connectivity index (χ2v) is 3.96. The third-order valence-electron chi connectivity index (χ3n) is 2.54. The van der Waals surface area contributed by atoms with Crippen LogP contribution in [0.25, 0.3) is 11.2 Å². The van der Waals surface area contributed by atoms with Gasteiger partial charge in [0.1, 0.15) is 0 Å². The minimum Gasteiger partial charge on any atom is -0.382 e. The Kier molecular flexibility index (Phi) is 3.32. The summed E-state index contributed by atoms with van der Waals surface area (Å²) in [6.07, 6.45) is 6.10. The van der Waals surface area contributed by atoms with Crippen LogP contribution in [0.3, 0.4) is 0 Å². The Hall–Kier alpha value is -1.98. The van der Waals surface area contributed by atoms with Crippen molar-refractivity contribution in [1.82, 2.24) is 19.9 Å². The van der Waals surface area contributed by atoms with Gasteiger partial charge in [0.15, 0.2) is 17.0 Å². The van der Waals surface area contributed by atoms with E-state index in [9.17, 15) is 0 Å². The number of nitrogens with two attached hydrogens (primary N) is 2. The summed E-state index contributed by atoms with van der Waals surface area (Å²) in [5, 5.41) is 0. The molecule has 0 saturated heterocycles. The van der Waals surface area contributed by atoms with Crippen LogP contribution in [0.2, 0.25) is 0 Å². The Morgan fingerprint density at radius 3 is 2.71 bits per heavy atom. The summed E-state index contributed by atoms with van der Waals surface area (Å²) in [4.78, 5) is 16.5. The zero-order chi connectivity index (χ0) is 12.3. The summed E-state index contributed by atoms with van der Waals surface area (Å²) in [5.41, 5.74) is 13.1. The third kappa shape index (κ3) is 2.58. The quantitative estimate of drug-likeness (QED) is 0.770. The molecule has 6 nitrogen and oxygen atoms in total. The minimum absolute atomic E-state index is 0.128. The maximum atomic E-state index is 5.75. The maximum absolute atomic E-state index is 5.75. The Morgan fingerprint density at radius 1 is 1.12 bits per heavy atom. The summed E-state index contributed by atoms with van der Waals surface area (Å²) >= 11 is 0. The lowest BCUT2D eigenvalue weighted by Crippen LogP contribution is -2.04. The Balaban J connectivity index is 2.30. The van der Waals surface area contributed by atoms with Crippen molar-refractivity contribution in [2.24, 2.45) is 0 Å². The second kappa shape index (κ2) is 4.90. The molecule has 0 aliphatic heterocycles. The first-order valence-corrected chi connectivity index (χ1v) is 5.75. The first-order valence-electron chi connectivity index (χ1n) is 5.75. The van der Waals surface area contributed by atoms with Gasteiger partial charge in [-0.2, -0.15) is 9.97 Å². The van der Waals surface area contributed by atoms with Gasteiger partial charge in [-0.15, -0.1) is 0 Å². The molecule has 0 aliphatic rings. The molecule has 0 unspecified atom stereocenters. The van der Waals surface area contributed by atoms with Gasteiger partial charge in [0.05, 0.1) is 11.9 Å². The number of anilines is 2.